The quantitative estimate of drug-likeness (QED) is 0.493. The number of ether oxygens (including phenoxy) is 1. The summed E-state index contributed by atoms with van der Waals surface area (Å²) in [5, 5.41) is 6.31. The minimum Gasteiger partial charge on any atom is -0.462 e. The Morgan fingerprint density at radius 3 is 3.19 bits per heavy atom. The number of carbonyl (C=O) groups excluding carboxylic acids is 2. The zero-order valence-electron chi connectivity index (χ0n) is 9.29. The molecule has 0 radical (unpaired) electrons. The van der Waals surface area contributed by atoms with Crippen LogP contribution < -0.4 is 10.6 Å². The van der Waals surface area contributed by atoms with Crippen LogP contribution in [0.5, 0.6) is 0 Å². The summed E-state index contributed by atoms with van der Waals surface area (Å²) in [4.78, 5) is 23.6. The van der Waals surface area contributed by atoms with Gasteiger partial charge in [-0.15, -0.1) is 0 Å². The molecule has 0 bridgehead atoms. The smallest absolute Gasteiger partial charge is 0.343 e. The van der Waals surface area contributed by atoms with Gasteiger partial charge >= 0.3 is 5.97 Å². The van der Waals surface area contributed by atoms with Gasteiger partial charge in [-0.25, -0.2) is 4.79 Å². The highest BCUT2D eigenvalue weighted by molar-refractivity contribution is 6.18. The lowest BCUT2D eigenvalue weighted by molar-refractivity contribution is -0.141. The first-order chi connectivity index (χ1) is 7.74. The number of piperidine rings is 1. The highest BCUT2D eigenvalue weighted by Crippen LogP contribution is 2.22. The molecule has 16 heavy (non-hydrogen) atoms. The van der Waals surface area contributed by atoms with Crippen LogP contribution in [0.2, 0.25) is 0 Å². The second-order valence-corrected chi connectivity index (χ2v) is 4.02. The summed E-state index contributed by atoms with van der Waals surface area (Å²) < 4.78 is 4.85. The summed E-state index contributed by atoms with van der Waals surface area (Å²) >= 11 is 0. The standard InChI is InChI=1S/C11H16N2O3/c1-2-16-11(15)8-5-13-9-6-12-4-3-7(9)10(8)14/h5,7,9,12-13H,2-4,6H2,1H3. The van der Waals surface area contributed by atoms with Crippen LogP contribution in [0.4, 0.5) is 0 Å². The van der Waals surface area contributed by atoms with E-state index in [1.807, 2.05) is 0 Å². The number of hydrogen-bond acceptors (Lipinski definition) is 5. The summed E-state index contributed by atoms with van der Waals surface area (Å²) in [7, 11) is 0. The van der Waals surface area contributed by atoms with Gasteiger partial charge in [0.1, 0.15) is 5.57 Å². The topological polar surface area (TPSA) is 67.4 Å². The highest BCUT2D eigenvalue weighted by Gasteiger charge is 2.37. The molecule has 1 fully saturated rings. The second kappa shape index (κ2) is 4.65. The van der Waals surface area contributed by atoms with Gasteiger partial charge in [0, 0.05) is 24.7 Å². The normalized spacial score (nSPS) is 28.8. The first kappa shape index (κ1) is 11.1. The Hall–Kier alpha value is -1.36. The summed E-state index contributed by atoms with van der Waals surface area (Å²) in [6, 6.07) is 0.111. The van der Waals surface area contributed by atoms with Gasteiger partial charge in [0.15, 0.2) is 5.78 Å². The molecule has 5 heteroatoms. The average molecular weight is 224 g/mol. The van der Waals surface area contributed by atoms with Crippen LogP contribution in [-0.4, -0.2) is 37.5 Å². The van der Waals surface area contributed by atoms with Gasteiger partial charge in [0.2, 0.25) is 0 Å². The van der Waals surface area contributed by atoms with Gasteiger partial charge in [0.05, 0.1) is 6.61 Å². The Morgan fingerprint density at radius 1 is 1.62 bits per heavy atom. The van der Waals surface area contributed by atoms with Crippen LogP contribution in [0.3, 0.4) is 0 Å². The third-order valence-corrected chi connectivity index (χ3v) is 3.02. The first-order valence-electron chi connectivity index (χ1n) is 5.62. The van der Waals surface area contributed by atoms with Crippen LogP contribution in [0, 0.1) is 5.92 Å². The fourth-order valence-corrected chi connectivity index (χ4v) is 2.18. The van der Waals surface area contributed by atoms with E-state index in [2.05, 4.69) is 10.6 Å². The van der Waals surface area contributed by atoms with Crippen LogP contribution in [0.25, 0.3) is 0 Å². The molecule has 2 unspecified atom stereocenters. The Labute approximate surface area is 94.2 Å². The van der Waals surface area contributed by atoms with Crippen molar-refractivity contribution in [2.24, 2.45) is 5.92 Å². The number of esters is 1. The van der Waals surface area contributed by atoms with Crippen LogP contribution in [-0.2, 0) is 14.3 Å². The molecule has 0 aromatic heterocycles. The predicted molar refractivity (Wildman–Crippen MR) is 57.6 cm³/mol. The van der Waals surface area contributed by atoms with Crippen LogP contribution in [0.1, 0.15) is 13.3 Å². The molecular formula is C11H16N2O3. The maximum absolute atomic E-state index is 12.0. The van der Waals surface area contributed by atoms with Crippen molar-refractivity contribution in [3.05, 3.63) is 11.8 Å². The van der Waals surface area contributed by atoms with Crippen molar-refractivity contribution in [1.82, 2.24) is 10.6 Å². The fourth-order valence-electron chi connectivity index (χ4n) is 2.18. The number of Topliss-reactive ketones (excluding diaryl/α,β-unsaturated/α-hetero) is 1. The van der Waals surface area contributed by atoms with E-state index in [-0.39, 0.29) is 23.3 Å². The van der Waals surface area contributed by atoms with E-state index in [4.69, 9.17) is 4.74 Å². The molecule has 1 saturated heterocycles. The fraction of sp³-hybridized carbons (Fsp3) is 0.636. The van der Waals surface area contributed by atoms with E-state index in [0.29, 0.717) is 6.61 Å². The molecule has 5 nitrogen and oxygen atoms in total. The van der Waals surface area contributed by atoms with Gasteiger partial charge in [-0.3, -0.25) is 4.79 Å². The number of hydrogen-bond donors (Lipinski definition) is 2. The summed E-state index contributed by atoms with van der Waals surface area (Å²) in [5.74, 6) is -0.689. The number of carbonyl (C=O) groups is 2. The molecule has 2 N–H and O–H groups in total. The summed E-state index contributed by atoms with van der Waals surface area (Å²) in [6.07, 6.45) is 2.27. The van der Waals surface area contributed by atoms with Gasteiger partial charge in [-0.1, -0.05) is 0 Å². The van der Waals surface area contributed by atoms with Crippen molar-refractivity contribution < 1.29 is 14.3 Å². The minimum absolute atomic E-state index is 0.0799. The number of nitrogens with one attached hydrogen (secondary N) is 2. The Bertz CT molecular complexity index is 338. The second-order valence-electron chi connectivity index (χ2n) is 4.02. The lowest BCUT2D eigenvalue weighted by Crippen LogP contribution is -2.53. The minimum atomic E-state index is -0.517. The van der Waals surface area contributed by atoms with Crippen molar-refractivity contribution in [1.29, 1.82) is 0 Å². The molecule has 0 spiro atoms. The Balaban J connectivity index is 2.13. The predicted octanol–water partition coefficient (Wildman–Crippen LogP) is -0.416. The third-order valence-electron chi connectivity index (χ3n) is 3.02. The Kier molecular flexibility index (Phi) is 3.24. The van der Waals surface area contributed by atoms with Crippen molar-refractivity contribution in [3.8, 4) is 0 Å². The number of ketones is 1. The third kappa shape index (κ3) is 1.95. The number of fused-ring (bicyclic) bond motifs is 1. The highest BCUT2D eigenvalue weighted by atomic mass is 16.5. The van der Waals surface area contributed by atoms with Crippen molar-refractivity contribution in [2.45, 2.75) is 19.4 Å². The molecule has 0 amide bonds. The van der Waals surface area contributed by atoms with Crippen LogP contribution >= 0.6 is 0 Å². The van der Waals surface area contributed by atoms with Crippen molar-refractivity contribution >= 4 is 11.8 Å². The van der Waals surface area contributed by atoms with Crippen molar-refractivity contribution in [2.75, 3.05) is 19.7 Å². The lowest BCUT2D eigenvalue weighted by atomic mass is 9.83. The van der Waals surface area contributed by atoms with E-state index in [9.17, 15) is 9.59 Å². The maximum atomic E-state index is 12.0. The van der Waals surface area contributed by atoms with E-state index in [0.717, 1.165) is 19.5 Å². The molecule has 0 aromatic rings. The molecule has 2 atom stereocenters. The van der Waals surface area contributed by atoms with E-state index in [1.54, 1.807) is 6.92 Å². The van der Waals surface area contributed by atoms with Crippen LogP contribution in [0.15, 0.2) is 11.8 Å². The largest absolute Gasteiger partial charge is 0.462 e. The SMILES string of the molecule is CCOC(=O)C1=CNC2CNCCC2C1=O. The van der Waals surface area contributed by atoms with Crippen molar-refractivity contribution in [3.63, 3.8) is 0 Å². The molecule has 88 valence electrons. The molecule has 2 heterocycles. The maximum Gasteiger partial charge on any atom is 0.343 e. The molecular weight excluding hydrogens is 208 g/mol. The molecule has 0 saturated carbocycles. The Morgan fingerprint density at radius 2 is 2.44 bits per heavy atom. The number of rotatable bonds is 2. The van der Waals surface area contributed by atoms with Gasteiger partial charge in [0.25, 0.3) is 0 Å². The van der Waals surface area contributed by atoms with Gasteiger partial charge in [-0.2, -0.15) is 0 Å². The van der Waals surface area contributed by atoms with Gasteiger partial charge < -0.3 is 15.4 Å². The summed E-state index contributed by atoms with van der Waals surface area (Å²) in [5.41, 5.74) is 0.157. The average Bonchev–Trinajstić information content (AvgIpc) is 2.30. The van der Waals surface area contributed by atoms with E-state index >= 15 is 0 Å². The molecule has 2 aliphatic rings. The zero-order chi connectivity index (χ0) is 11.5. The molecule has 2 aliphatic heterocycles. The van der Waals surface area contributed by atoms with E-state index < -0.39 is 5.97 Å². The van der Waals surface area contributed by atoms with Gasteiger partial charge in [-0.05, 0) is 19.9 Å². The molecule has 2 rings (SSSR count). The monoisotopic (exact) mass is 224 g/mol. The molecule has 0 aliphatic carbocycles. The van der Waals surface area contributed by atoms with E-state index in [1.165, 1.54) is 6.20 Å². The molecule has 0 aromatic carbocycles. The summed E-state index contributed by atoms with van der Waals surface area (Å²) in [6.45, 7) is 3.61. The lowest BCUT2D eigenvalue weighted by Gasteiger charge is -2.34. The first-order valence-corrected chi connectivity index (χ1v) is 5.62. The zero-order valence-corrected chi connectivity index (χ0v) is 9.29.